The van der Waals surface area contributed by atoms with Gasteiger partial charge in [-0.3, -0.25) is 9.78 Å². The molecule has 1 atom stereocenters. The highest BCUT2D eigenvalue weighted by Gasteiger charge is 2.31. The highest BCUT2D eigenvalue weighted by atomic mass is 32.2. The minimum Gasteiger partial charge on any atom is -0.394 e. The molecule has 0 radical (unpaired) electrons. The van der Waals surface area contributed by atoms with Crippen molar-refractivity contribution in [3.63, 3.8) is 0 Å². The molecule has 0 saturated heterocycles. The number of amides is 1. The predicted octanol–water partition coefficient (Wildman–Crippen LogP) is 5.50. The van der Waals surface area contributed by atoms with Crippen LogP contribution in [0.4, 0.5) is 11.4 Å². The maximum Gasteiger partial charge on any atom is 0.270 e. The van der Waals surface area contributed by atoms with Crippen molar-refractivity contribution in [1.82, 2.24) is 15.3 Å². The number of carbonyl (C=O) groups excluding carboxylic acids is 1. The quantitative estimate of drug-likeness (QED) is 0.398. The highest BCUT2D eigenvalue weighted by molar-refractivity contribution is 7.98. The number of nitrogens with one attached hydrogen (secondary N) is 1. The van der Waals surface area contributed by atoms with Gasteiger partial charge in [-0.05, 0) is 86.7 Å². The molecule has 1 aliphatic heterocycles. The third kappa shape index (κ3) is 4.87. The van der Waals surface area contributed by atoms with E-state index in [1.807, 2.05) is 42.7 Å². The van der Waals surface area contributed by atoms with Crippen molar-refractivity contribution < 1.29 is 9.90 Å². The van der Waals surface area contributed by atoms with Gasteiger partial charge in [0, 0.05) is 40.4 Å². The number of nitrogens with zero attached hydrogens (tertiary/aromatic N) is 3. The zero-order valence-electron chi connectivity index (χ0n) is 20.6. The summed E-state index contributed by atoms with van der Waals surface area (Å²) in [6.07, 6.45) is 8.84. The molecule has 3 aliphatic rings. The molecule has 3 aromatic rings. The first-order valence-electron chi connectivity index (χ1n) is 13.0. The van der Waals surface area contributed by atoms with Crippen LogP contribution in [-0.2, 0) is 6.42 Å². The average molecular weight is 501 g/mol. The Morgan fingerprint density at radius 2 is 1.75 bits per heavy atom. The standard InChI is InChI=1S/C29H32N4O2S/c1-36-22-10-8-20(9-11-22)27(17-34)32-29(35)24-12-13-28-23(30-24)3-2-14-33(28)21-15-25(18-4-5-18)31-26(16-21)19-6-7-19/h8-13,15-16,18-19,27,34H,2-7,14,17H2,1H3,(H,32,35). The molecule has 2 saturated carbocycles. The molecule has 1 unspecified atom stereocenters. The van der Waals surface area contributed by atoms with E-state index in [2.05, 4.69) is 22.3 Å². The fourth-order valence-corrected chi connectivity index (χ4v) is 5.45. The number of aliphatic hydroxyl groups excluding tert-OH is 1. The Hall–Kier alpha value is -2.90. The third-order valence-corrected chi connectivity index (χ3v) is 8.17. The van der Waals surface area contributed by atoms with Gasteiger partial charge in [0.05, 0.1) is 24.0 Å². The molecule has 7 heteroatoms. The maximum atomic E-state index is 13.1. The van der Waals surface area contributed by atoms with E-state index in [-0.39, 0.29) is 12.5 Å². The van der Waals surface area contributed by atoms with Crippen molar-refractivity contribution in [1.29, 1.82) is 0 Å². The van der Waals surface area contributed by atoms with Crippen molar-refractivity contribution in [2.75, 3.05) is 24.3 Å². The highest BCUT2D eigenvalue weighted by Crippen LogP contribution is 2.45. The van der Waals surface area contributed by atoms with Crippen molar-refractivity contribution in [2.45, 2.75) is 61.3 Å². The summed E-state index contributed by atoms with van der Waals surface area (Å²) in [4.78, 5) is 26.4. The minimum absolute atomic E-state index is 0.169. The van der Waals surface area contributed by atoms with Crippen molar-refractivity contribution >= 4 is 29.0 Å². The van der Waals surface area contributed by atoms with Gasteiger partial charge in [0.15, 0.2) is 0 Å². The van der Waals surface area contributed by atoms with Crippen LogP contribution in [0.15, 0.2) is 53.4 Å². The Morgan fingerprint density at radius 1 is 1.06 bits per heavy atom. The molecule has 1 aromatic carbocycles. The second kappa shape index (κ2) is 9.87. The van der Waals surface area contributed by atoms with E-state index < -0.39 is 6.04 Å². The van der Waals surface area contributed by atoms with Crippen LogP contribution < -0.4 is 10.2 Å². The zero-order valence-corrected chi connectivity index (χ0v) is 21.4. The number of aliphatic hydroxyl groups is 1. The summed E-state index contributed by atoms with van der Waals surface area (Å²) in [6.45, 7) is 0.773. The summed E-state index contributed by atoms with van der Waals surface area (Å²) >= 11 is 1.66. The summed E-state index contributed by atoms with van der Waals surface area (Å²) in [5, 5.41) is 12.9. The number of carbonyl (C=O) groups is 1. The van der Waals surface area contributed by atoms with Crippen molar-refractivity contribution in [3.8, 4) is 0 Å². The smallest absolute Gasteiger partial charge is 0.270 e. The summed E-state index contributed by atoms with van der Waals surface area (Å²) in [5.41, 5.74) is 7.00. The normalized spacial score (nSPS) is 18.0. The van der Waals surface area contributed by atoms with Gasteiger partial charge < -0.3 is 15.3 Å². The van der Waals surface area contributed by atoms with Gasteiger partial charge >= 0.3 is 0 Å². The molecule has 2 aromatic heterocycles. The lowest BCUT2D eigenvalue weighted by Gasteiger charge is -2.31. The van der Waals surface area contributed by atoms with Gasteiger partial charge in [-0.15, -0.1) is 11.8 Å². The number of pyridine rings is 2. The lowest BCUT2D eigenvalue weighted by Crippen LogP contribution is -2.32. The summed E-state index contributed by atoms with van der Waals surface area (Å²) in [6, 6.07) is 15.8. The Bertz CT molecular complexity index is 1240. The van der Waals surface area contributed by atoms with Crippen LogP contribution in [0.3, 0.4) is 0 Å². The first-order valence-corrected chi connectivity index (χ1v) is 14.2. The molecular weight excluding hydrogens is 468 g/mol. The number of hydrogen-bond donors (Lipinski definition) is 2. The van der Waals surface area contributed by atoms with Gasteiger partial charge in [-0.1, -0.05) is 12.1 Å². The molecule has 2 fully saturated rings. The summed E-state index contributed by atoms with van der Waals surface area (Å²) in [7, 11) is 0. The second-order valence-corrected chi connectivity index (χ2v) is 11.0. The number of aryl methyl sites for hydroxylation is 1. The number of rotatable bonds is 8. The largest absolute Gasteiger partial charge is 0.394 e. The molecule has 1 amide bonds. The van der Waals surface area contributed by atoms with E-state index in [1.165, 1.54) is 42.8 Å². The molecular formula is C29H32N4O2S. The average Bonchev–Trinajstić information content (AvgIpc) is 3.84. The Morgan fingerprint density at radius 3 is 2.36 bits per heavy atom. The van der Waals surface area contributed by atoms with Gasteiger partial charge in [0.2, 0.25) is 0 Å². The van der Waals surface area contributed by atoms with E-state index in [1.54, 1.807) is 11.8 Å². The Balaban J connectivity index is 1.24. The fraction of sp³-hybridized carbons (Fsp3) is 0.414. The number of benzene rings is 1. The second-order valence-electron chi connectivity index (χ2n) is 10.1. The lowest BCUT2D eigenvalue weighted by molar-refractivity contribution is 0.0911. The molecule has 2 aliphatic carbocycles. The van der Waals surface area contributed by atoms with E-state index in [4.69, 9.17) is 9.97 Å². The number of hydrogen-bond acceptors (Lipinski definition) is 6. The summed E-state index contributed by atoms with van der Waals surface area (Å²) < 4.78 is 0. The molecule has 0 spiro atoms. The molecule has 2 N–H and O–H groups in total. The summed E-state index contributed by atoms with van der Waals surface area (Å²) in [5.74, 6) is 0.971. The van der Waals surface area contributed by atoms with E-state index in [0.29, 0.717) is 17.5 Å². The molecule has 6 nitrogen and oxygen atoms in total. The van der Waals surface area contributed by atoms with Crippen LogP contribution in [0.5, 0.6) is 0 Å². The predicted molar refractivity (Wildman–Crippen MR) is 143 cm³/mol. The molecule has 6 rings (SSSR count). The molecule has 36 heavy (non-hydrogen) atoms. The maximum absolute atomic E-state index is 13.1. The van der Waals surface area contributed by atoms with Crippen LogP contribution in [0, 0.1) is 0 Å². The number of anilines is 2. The number of fused-ring (bicyclic) bond motifs is 1. The van der Waals surface area contributed by atoms with Crippen molar-refractivity contribution in [3.05, 3.63) is 76.9 Å². The van der Waals surface area contributed by atoms with E-state index >= 15 is 0 Å². The third-order valence-electron chi connectivity index (χ3n) is 7.43. The van der Waals surface area contributed by atoms with Crippen molar-refractivity contribution in [2.24, 2.45) is 0 Å². The van der Waals surface area contributed by atoms with Gasteiger partial charge in [-0.25, -0.2) is 4.98 Å². The zero-order chi connectivity index (χ0) is 24.6. The first-order chi connectivity index (χ1) is 17.6. The number of thioether (sulfide) groups is 1. The molecule has 0 bridgehead atoms. The Labute approximate surface area is 216 Å². The first kappa shape index (κ1) is 23.5. The van der Waals surface area contributed by atoms with Crippen LogP contribution in [0.25, 0.3) is 0 Å². The van der Waals surface area contributed by atoms with E-state index in [0.717, 1.165) is 41.2 Å². The van der Waals surface area contributed by atoms with Crippen LogP contribution in [0.1, 0.15) is 83.1 Å². The van der Waals surface area contributed by atoms with E-state index in [9.17, 15) is 9.90 Å². The molecule has 3 heterocycles. The van der Waals surface area contributed by atoms with Crippen LogP contribution >= 0.6 is 11.8 Å². The minimum atomic E-state index is -0.471. The van der Waals surface area contributed by atoms with Gasteiger partial charge in [0.1, 0.15) is 5.69 Å². The van der Waals surface area contributed by atoms with Crippen LogP contribution in [0.2, 0.25) is 0 Å². The number of aromatic nitrogens is 2. The van der Waals surface area contributed by atoms with Crippen LogP contribution in [-0.4, -0.2) is 40.4 Å². The van der Waals surface area contributed by atoms with Gasteiger partial charge in [0.25, 0.3) is 5.91 Å². The monoisotopic (exact) mass is 500 g/mol. The Kier molecular flexibility index (Phi) is 6.44. The lowest BCUT2D eigenvalue weighted by atomic mass is 10.0. The topological polar surface area (TPSA) is 78.3 Å². The fourth-order valence-electron chi connectivity index (χ4n) is 5.04. The SMILES string of the molecule is CSc1ccc(C(CO)NC(=O)c2ccc3c(n2)CCCN3c2cc(C3CC3)nc(C3CC3)c2)cc1. The molecule has 186 valence electrons. The van der Waals surface area contributed by atoms with Gasteiger partial charge in [-0.2, -0.15) is 0 Å².